The fourth-order valence-electron chi connectivity index (χ4n) is 5.46. The van der Waals surface area contributed by atoms with Gasteiger partial charge in [0.15, 0.2) is 0 Å². The summed E-state index contributed by atoms with van der Waals surface area (Å²) in [5.41, 5.74) is 8.19. The Morgan fingerprint density at radius 3 is 2.70 bits per heavy atom. The topological polar surface area (TPSA) is 78.7 Å². The molecule has 2 aliphatic carbocycles. The largest absolute Gasteiger partial charge is 0.369 e. The number of hydrogen-bond donors (Lipinski definition) is 2. The molecule has 146 valence electrons. The molecule has 1 heterocycles. The average Bonchev–Trinajstić information content (AvgIpc) is 3.23. The van der Waals surface area contributed by atoms with Crippen LogP contribution in [-0.4, -0.2) is 37.0 Å². The second kappa shape index (κ2) is 6.82. The number of anilines is 2. The van der Waals surface area contributed by atoms with E-state index in [9.17, 15) is 9.59 Å². The van der Waals surface area contributed by atoms with Crippen LogP contribution in [0.25, 0.3) is 0 Å². The highest BCUT2D eigenvalue weighted by molar-refractivity contribution is 5.98. The van der Waals surface area contributed by atoms with E-state index in [0.717, 1.165) is 50.0 Å². The SMILES string of the molecule is Cc1cc(NC(=O)C2CC3CCC2(C(N)=O)C3)ccc1N1CCCCN1C. The zero-order chi connectivity index (χ0) is 19.2. The monoisotopic (exact) mass is 370 g/mol. The zero-order valence-corrected chi connectivity index (χ0v) is 16.3. The van der Waals surface area contributed by atoms with E-state index in [1.165, 1.54) is 18.5 Å². The summed E-state index contributed by atoms with van der Waals surface area (Å²) < 4.78 is 0. The Kier molecular flexibility index (Phi) is 4.62. The summed E-state index contributed by atoms with van der Waals surface area (Å²) in [5, 5.41) is 7.62. The highest BCUT2D eigenvalue weighted by Gasteiger charge is 2.58. The van der Waals surface area contributed by atoms with Crippen molar-refractivity contribution in [1.29, 1.82) is 0 Å². The first-order valence-electron chi connectivity index (χ1n) is 10.1. The molecule has 2 saturated carbocycles. The molecule has 0 radical (unpaired) electrons. The van der Waals surface area contributed by atoms with Crippen LogP contribution in [0, 0.1) is 24.2 Å². The maximum absolute atomic E-state index is 12.9. The van der Waals surface area contributed by atoms with Crippen LogP contribution in [0.4, 0.5) is 11.4 Å². The predicted molar refractivity (Wildman–Crippen MR) is 106 cm³/mol. The molecule has 6 nitrogen and oxygen atoms in total. The Morgan fingerprint density at radius 1 is 1.26 bits per heavy atom. The van der Waals surface area contributed by atoms with Crippen LogP contribution in [-0.2, 0) is 9.59 Å². The van der Waals surface area contributed by atoms with Crippen molar-refractivity contribution in [3.05, 3.63) is 23.8 Å². The van der Waals surface area contributed by atoms with Crippen molar-refractivity contribution in [3.63, 3.8) is 0 Å². The van der Waals surface area contributed by atoms with Gasteiger partial charge >= 0.3 is 0 Å². The number of nitrogens with zero attached hydrogens (tertiary/aromatic N) is 2. The number of nitrogens with two attached hydrogens (primary N) is 1. The van der Waals surface area contributed by atoms with Gasteiger partial charge in [0.25, 0.3) is 0 Å². The van der Waals surface area contributed by atoms with Crippen molar-refractivity contribution in [1.82, 2.24) is 5.01 Å². The number of carbonyl (C=O) groups is 2. The van der Waals surface area contributed by atoms with Gasteiger partial charge in [-0.3, -0.25) is 9.59 Å². The summed E-state index contributed by atoms with van der Waals surface area (Å²) in [5.74, 6) is -0.186. The molecule has 3 unspecified atom stereocenters. The maximum atomic E-state index is 12.9. The highest BCUT2D eigenvalue weighted by Crippen LogP contribution is 2.57. The minimum Gasteiger partial charge on any atom is -0.369 e. The number of hydrazine groups is 1. The van der Waals surface area contributed by atoms with E-state index in [1.807, 2.05) is 12.1 Å². The summed E-state index contributed by atoms with van der Waals surface area (Å²) in [6, 6.07) is 6.07. The number of nitrogens with one attached hydrogen (secondary N) is 1. The first-order valence-corrected chi connectivity index (χ1v) is 10.1. The number of aryl methyl sites for hydroxylation is 1. The molecule has 0 aromatic heterocycles. The van der Waals surface area contributed by atoms with Crippen LogP contribution in [0.1, 0.15) is 44.1 Å². The molecule has 3 aliphatic rings. The van der Waals surface area contributed by atoms with Crippen LogP contribution in [0.3, 0.4) is 0 Å². The molecule has 6 heteroatoms. The summed E-state index contributed by atoms with van der Waals surface area (Å²) in [7, 11) is 2.12. The van der Waals surface area contributed by atoms with Gasteiger partial charge < -0.3 is 16.1 Å². The normalized spacial score (nSPS) is 30.5. The molecule has 3 fully saturated rings. The van der Waals surface area contributed by atoms with Crippen molar-refractivity contribution >= 4 is 23.2 Å². The van der Waals surface area contributed by atoms with Gasteiger partial charge in [0.2, 0.25) is 11.8 Å². The van der Waals surface area contributed by atoms with Gasteiger partial charge in [-0.05, 0) is 75.1 Å². The van der Waals surface area contributed by atoms with Crippen LogP contribution >= 0.6 is 0 Å². The molecule has 1 aliphatic heterocycles. The number of carbonyl (C=O) groups excluding carboxylic acids is 2. The third-order valence-corrected chi connectivity index (χ3v) is 6.95. The van der Waals surface area contributed by atoms with E-state index in [0.29, 0.717) is 5.92 Å². The molecular formula is C21H30N4O2. The van der Waals surface area contributed by atoms with Gasteiger partial charge in [-0.15, -0.1) is 0 Å². The number of amides is 2. The van der Waals surface area contributed by atoms with Gasteiger partial charge in [0.05, 0.1) is 17.0 Å². The Morgan fingerprint density at radius 2 is 2.04 bits per heavy atom. The summed E-state index contributed by atoms with van der Waals surface area (Å²) in [4.78, 5) is 25.0. The van der Waals surface area contributed by atoms with E-state index in [-0.39, 0.29) is 17.7 Å². The fourth-order valence-corrected chi connectivity index (χ4v) is 5.46. The number of primary amides is 1. The van der Waals surface area contributed by atoms with Crippen LogP contribution in [0.15, 0.2) is 18.2 Å². The van der Waals surface area contributed by atoms with Gasteiger partial charge in [-0.1, -0.05) is 0 Å². The van der Waals surface area contributed by atoms with Gasteiger partial charge in [0, 0.05) is 25.8 Å². The van der Waals surface area contributed by atoms with E-state index < -0.39 is 5.41 Å². The second-order valence-corrected chi connectivity index (χ2v) is 8.62. The van der Waals surface area contributed by atoms with Crippen LogP contribution < -0.4 is 16.1 Å². The number of hydrogen-bond acceptors (Lipinski definition) is 4. The third-order valence-electron chi connectivity index (χ3n) is 6.95. The number of rotatable bonds is 4. The van der Waals surface area contributed by atoms with E-state index in [2.05, 4.69) is 35.4 Å². The first-order chi connectivity index (χ1) is 12.9. The number of benzene rings is 1. The quantitative estimate of drug-likeness (QED) is 0.854. The zero-order valence-electron chi connectivity index (χ0n) is 16.3. The molecule has 3 N–H and O–H groups in total. The van der Waals surface area contributed by atoms with Crippen molar-refractivity contribution in [2.45, 2.75) is 45.4 Å². The first kappa shape index (κ1) is 18.3. The van der Waals surface area contributed by atoms with Gasteiger partial charge in [0.1, 0.15) is 0 Å². The Labute approximate surface area is 161 Å². The highest BCUT2D eigenvalue weighted by atomic mass is 16.2. The molecule has 2 amide bonds. The molecule has 3 atom stereocenters. The average molecular weight is 370 g/mol. The molecule has 1 saturated heterocycles. The maximum Gasteiger partial charge on any atom is 0.228 e. The third kappa shape index (κ3) is 3.10. The van der Waals surface area contributed by atoms with Crippen molar-refractivity contribution in [3.8, 4) is 0 Å². The molecule has 0 spiro atoms. The van der Waals surface area contributed by atoms with E-state index in [4.69, 9.17) is 5.73 Å². The lowest BCUT2D eigenvalue weighted by Gasteiger charge is -2.38. The van der Waals surface area contributed by atoms with Gasteiger partial charge in [-0.25, -0.2) is 5.01 Å². The van der Waals surface area contributed by atoms with Crippen LogP contribution in [0.2, 0.25) is 0 Å². The van der Waals surface area contributed by atoms with Crippen molar-refractivity contribution < 1.29 is 9.59 Å². The predicted octanol–water partition coefficient (Wildman–Crippen LogP) is 2.67. The van der Waals surface area contributed by atoms with E-state index in [1.54, 1.807) is 0 Å². The Hall–Kier alpha value is -2.08. The summed E-state index contributed by atoms with van der Waals surface area (Å²) >= 11 is 0. The minimum atomic E-state index is -0.625. The fraction of sp³-hybridized carbons (Fsp3) is 0.619. The molecular weight excluding hydrogens is 340 g/mol. The second-order valence-electron chi connectivity index (χ2n) is 8.62. The summed E-state index contributed by atoms with van der Waals surface area (Å²) in [6.07, 6.45) is 5.75. The molecule has 2 bridgehead atoms. The van der Waals surface area contributed by atoms with Crippen LogP contribution in [0.5, 0.6) is 0 Å². The lowest BCUT2D eigenvalue weighted by molar-refractivity contribution is -0.136. The molecule has 4 rings (SSSR count). The standard InChI is InChI=1S/C21H30N4O2/c1-14-11-16(5-6-18(14)25-10-4-3-9-24(25)2)23-19(26)17-12-15-7-8-21(17,13-15)20(22)27/h5-6,11,15,17H,3-4,7-10,12-13H2,1-2H3,(H2,22,27)(H,23,26). The number of fused-ring (bicyclic) bond motifs is 2. The molecule has 1 aromatic carbocycles. The lowest BCUT2D eigenvalue weighted by Crippen LogP contribution is -2.45. The molecule has 27 heavy (non-hydrogen) atoms. The lowest BCUT2D eigenvalue weighted by atomic mass is 9.74. The Bertz CT molecular complexity index is 765. The molecule has 1 aromatic rings. The van der Waals surface area contributed by atoms with Gasteiger partial charge in [-0.2, -0.15) is 0 Å². The minimum absolute atomic E-state index is 0.0572. The Balaban J connectivity index is 1.49. The summed E-state index contributed by atoms with van der Waals surface area (Å²) in [6.45, 7) is 4.17. The van der Waals surface area contributed by atoms with Crippen molar-refractivity contribution in [2.75, 3.05) is 30.5 Å². The smallest absolute Gasteiger partial charge is 0.228 e. The van der Waals surface area contributed by atoms with E-state index >= 15 is 0 Å². The van der Waals surface area contributed by atoms with Crippen molar-refractivity contribution in [2.24, 2.45) is 23.0 Å².